The normalized spacial score (nSPS) is 20.1. The van der Waals surface area contributed by atoms with Gasteiger partial charge in [0.2, 0.25) is 0 Å². The summed E-state index contributed by atoms with van der Waals surface area (Å²) in [4.78, 5) is 37.6. The molecular formula is C18H30GdN3O9. The Morgan fingerprint density at radius 3 is 0.871 bits per heavy atom. The summed E-state index contributed by atoms with van der Waals surface area (Å²) in [5.74, 6) is -3.63. The molecule has 1 radical (unpaired) electrons. The molecule has 1 saturated heterocycles. The standard InChI is InChI=1S/C18H33N3O9.Gd/c22-16(23)13-19-1-7-28-9-3-20(14-17(24)25)5-11-30-12-6-21(15-18(26)27)4-10-29-8-2-19;/h1-15H2,(H,22,23)(H,24,25)(H,26,27);/q;+3/p-3. The van der Waals surface area contributed by atoms with Crippen molar-refractivity contribution >= 4 is 17.9 Å². The monoisotopic (exact) mass is 590 g/mol. The van der Waals surface area contributed by atoms with E-state index in [1.807, 2.05) is 0 Å². The van der Waals surface area contributed by atoms with E-state index in [4.69, 9.17) is 14.2 Å². The number of hydrogen-bond donors (Lipinski definition) is 0. The van der Waals surface area contributed by atoms with Crippen molar-refractivity contribution in [1.29, 1.82) is 0 Å². The average Bonchev–Trinajstić information content (AvgIpc) is 2.64. The van der Waals surface area contributed by atoms with Crippen molar-refractivity contribution in [3.63, 3.8) is 0 Å². The van der Waals surface area contributed by atoms with Crippen LogP contribution in [0.4, 0.5) is 0 Å². The maximum atomic E-state index is 10.9. The first-order valence-corrected chi connectivity index (χ1v) is 9.86. The smallest absolute Gasteiger partial charge is 0.549 e. The van der Waals surface area contributed by atoms with Gasteiger partial charge in [0.25, 0.3) is 0 Å². The summed E-state index contributed by atoms with van der Waals surface area (Å²) in [6.45, 7) is 2.87. The van der Waals surface area contributed by atoms with Crippen molar-refractivity contribution in [3.8, 4) is 0 Å². The predicted molar refractivity (Wildman–Crippen MR) is 96.8 cm³/mol. The first-order chi connectivity index (χ1) is 14.4. The van der Waals surface area contributed by atoms with Gasteiger partial charge in [0.15, 0.2) is 0 Å². The van der Waals surface area contributed by atoms with Gasteiger partial charge in [-0.1, -0.05) is 0 Å². The molecule has 0 unspecified atom stereocenters. The van der Waals surface area contributed by atoms with Gasteiger partial charge in [-0.25, -0.2) is 0 Å². The van der Waals surface area contributed by atoms with Crippen LogP contribution >= 0.6 is 0 Å². The number of ether oxygens (including phenoxy) is 3. The number of hydrogen-bond acceptors (Lipinski definition) is 12. The Morgan fingerprint density at radius 2 is 0.710 bits per heavy atom. The Morgan fingerprint density at radius 1 is 0.516 bits per heavy atom. The Labute approximate surface area is 214 Å². The van der Waals surface area contributed by atoms with Crippen molar-refractivity contribution < 1.29 is 83.9 Å². The van der Waals surface area contributed by atoms with Crippen LogP contribution in [0.2, 0.25) is 0 Å². The molecule has 0 amide bonds. The molecule has 0 saturated carbocycles. The molecule has 1 aliphatic rings. The molecule has 1 heterocycles. The van der Waals surface area contributed by atoms with Crippen LogP contribution < -0.4 is 15.3 Å². The minimum atomic E-state index is -1.21. The number of rotatable bonds is 6. The van der Waals surface area contributed by atoms with Gasteiger partial charge in [-0.15, -0.1) is 0 Å². The quantitative estimate of drug-likeness (QED) is 0.290. The van der Waals surface area contributed by atoms with E-state index in [0.717, 1.165) is 0 Å². The van der Waals surface area contributed by atoms with Gasteiger partial charge in [0.1, 0.15) is 0 Å². The molecule has 0 atom stereocenters. The third kappa shape index (κ3) is 17.7. The first-order valence-electron chi connectivity index (χ1n) is 9.86. The van der Waals surface area contributed by atoms with Crippen LogP contribution in [0.5, 0.6) is 0 Å². The molecule has 0 aromatic heterocycles. The van der Waals surface area contributed by atoms with Crippen molar-refractivity contribution in [2.24, 2.45) is 0 Å². The van der Waals surface area contributed by atoms with Crippen LogP contribution in [0.1, 0.15) is 0 Å². The van der Waals surface area contributed by atoms with Gasteiger partial charge in [0, 0.05) is 58.9 Å². The zero-order valence-corrected chi connectivity index (χ0v) is 19.7. The van der Waals surface area contributed by atoms with E-state index in [1.54, 1.807) is 14.7 Å². The zero-order chi connectivity index (χ0) is 22.2. The van der Waals surface area contributed by atoms with Crippen LogP contribution in [-0.4, -0.2) is 131 Å². The molecule has 31 heavy (non-hydrogen) atoms. The van der Waals surface area contributed by atoms with Crippen LogP contribution in [0.15, 0.2) is 0 Å². The van der Waals surface area contributed by atoms with Gasteiger partial charge in [-0.3, -0.25) is 14.7 Å². The molecule has 179 valence electrons. The Balaban J connectivity index is 0.00000900. The Hall–Kier alpha value is -0.505. The number of nitrogens with zero attached hydrogens (tertiary/aromatic N) is 3. The molecule has 0 aromatic rings. The molecule has 12 nitrogen and oxygen atoms in total. The Kier molecular flexibility index (Phi) is 18.7. The number of carbonyl (C=O) groups is 3. The average molecular weight is 590 g/mol. The molecule has 1 rings (SSSR count). The second-order valence-electron chi connectivity index (χ2n) is 6.78. The van der Waals surface area contributed by atoms with E-state index in [2.05, 4.69) is 0 Å². The molecule has 0 aromatic carbocycles. The maximum absolute atomic E-state index is 10.9. The molecular weight excluding hydrogens is 559 g/mol. The van der Waals surface area contributed by atoms with E-state index in [0.29, 0.717) is 39.3 Å². The third-order valence-corrected chi connectivity index (χ3v) is 4.37. The summed E-state index contributed by atoms with van der Waals surface area (Å²) < 4.78 is 16.5. The minimum absolute atomic E-state index is 0. The van der Waals surface area contributed by atoms with Crippen LogP contribution in [0.3, 0.4) is 0 Å². The first kappa shape index (κ1) is 30.5. The summed E-state index contributed by atoms with van der Waals surface area (Å²) in [6, 6.07) is 0. The van der Waals surface area contributed by atoms with Crippen LogP contribution in [-0.2, 0) is 28.6 Å². The summed E-state index contributed by atoms with van der Waals surface area (Å²) in [6.07, 6.45) is 0. The second-order valence-corrected chi connectivity index (χ2v) is 6.78. The second kappa shape index (κ2) is 19.0. The number of carboxylic acid groups (broad SMARTS) is 3. The Bertz CT molecular complexity index is 438. The summed E-state index contributed by atoms with van der Waals surface area (Å²) >= 11 is 0. The van der Waals surface area contributed by atoms with Crippen molar-refractivity contribution in [2.45, 2.75) is 0 Å². The van der Waals surface area contributed by atoms with Gasteiger partial charge in [-0.05, 0) is 0 Å². The fourth-order valence-electron chi connectivity index (χ4n) is 2.83. The summed E-state index contributed by atoms with van der Waals surface area (Å²) in [5.41, 5.74) is 0. The predicted octanol–water partition coefficient (Wildman–Crippen LogP) is -5.79. The molecule has 0 aliphatic carbocycles. The largest absolute Gasteiger partial charge is 3.00 e. The zero-order valence-electron chi connectivity index (χ0n) is 17.5. The van der Waals surface area contributed by atoms with Gasteiger partial charge in [-0.2, -0.15) is 0 Å². The van der Waals surface area contributed by atoms with E-state index >= 15 is 0 Å². The van der Waals surface area contributed by atoms with Gasteiger partial charge < -0.3 is 43.9 Å². The topological polar surface area (TPSA) is 158 Å². The van der Waals surface area contributed by atoms with E-state index in [-0.39, 0.29) is 99.2 Å². The molecule has 1 fully saturated rings. The maximum Gasteiger partial charge on any atom is 3.00 e. The third-order valence-electron chi connectivity index (χ3n) is 4.37. The van der Waals surface area contributed by atoms with Crippen molar-refractivity contribution in [3.05, 3.63) is 0 Å². The van der Waals surface area contributed by atoms with Gasteiger partial charge >= 0.3 is 39.9 Å². The molecule has 0 bridgehead atoms. The fourth-order valence-corrected chi connectivity index (χ4v) is 2.83. The fraction of sp³-hybridized carbons (Fsp3) is 0.833. The van der Waals surface area contributed by atoms with Crippen LogP contribution in [0.25, 0.3) is 0 Å². The molecule has 13 heteroatoms. The summed E-state index contributed by atoms with van der Waals surface area (Å²) in [7, 11) is 0. The number of carboxylic acids is 3. The molecule has 0 spiro atoms. The van der Waals surface area contributed by atoms with Crippen molar-refractivity contribution in [1.82, 2.24) is 14.7 Å². The minimum Gasteiger partial charge on any atom is -0.549 e. The van der Waals surface area contributed by atoms with Crippen molar-refractivity contribution in [2.75, 3.05) is 98.5 Å². The summed E-state index contributed by atoms with van der Waals surface area (Å²) in [5, 5.41) is 32.7. The van der Waals surface area contributed by atoms with E-state index in [9.17, 15) is 29.7 Å². The molecule has 0 N–H and O–H groups in total. The van der Waals surface area contributed by atoms with E-state index < -0.39 is 17.9 Å². The molecule has 1 aliphatic heterocycles. The van der Waals surface area contributed by atoms with Gasteiger partial charge in [0.05, 0.1) is 57.5 Å². The van der Waals surface area contributed by atoms with E-state index in [1.165, 1.54) is 0 Å². The number of carbonyl (C=O) groups excluding carboxylic acids is 3. The van der Waals surface area contributed by atoms with Crippen LogP contribution in [0, 0.1) is 39.9 Å². The number of aliphatic carboxylic acids is 3. The SMILES string of the molecule is O=C([O-])CN1CCOCCN(CC(=O)[O-])CCOCCN(CC(=O)[O-])CCOCC1.[Gd+3].